The Balaban J connectivity index is 2.13. The van der Waals surface area contributed by atoms with Crippen LogP contribution in [0.25, 0.3) is 0 Å². The molecular formula is C18H22N2O2. The second kappa shape index (κ2) is 5.69. The zero-order valence-electron chi connectivity index (χ0n) is 13.4. The van der Waals surface area contributed by atoms with Crippen molar-refractivity contribution in [1.82, 2.24) is 10.0 Å². The summed E-state index contributed by atoms with van der Waals surface area (Å²) >= 11 is 0. The molecule has 1 amide bonds. The predicted molar refractivity (Wildman–Crippen MR) is 85.0 cm³/mol. The Bertz CT molecular complexity index is 661. The number of nitrogens with zero attached hydrogens (tertiary/aromatic N) is 2. The monoisotopic (exact) mass is 298 g/mol. The number of amides is 1. The van der Waals surface area contributed by atoms with Crippen molar-refractivity contribution < 1.29 is 9.59 Å². The number of benzene rings is 1. The zero-order chi connectivity index (χ0) is 15.9. The van der Waals surface area contributed by atoms with Crippen LogP contribution in [0.5, 0.6) is 0 Å². The van der Waals surface area contributed by atoms with Gasteiger partial charge in [-0.15, -0.1) is 0 Å². The van der Waals surface area contributed by atoms with Gasteiger partial charge < -0.3 is 0 Å². The van der Waals surface area contributed by atoms with Gasteiger partial charge in [0.25, 0.3) is 0 Å². The molecule has 4 nitrogen and oxygen atoms in total. The lowest BCUT2D eigenvalue weighted by molar-refractivity contribution is -0.143. The van der Waals surface area contributed by atoms with Crippen LogP contribution < -0.4 is 0 Å². The van der Waals surface area contributed by atoms with E-state index >= 15 is 0 Å². The number of carbonyl (C=O) groups excluding carboxylic acids is 2. The molecule has 1 unspecified atom stereocenters. The van der Waals surface area contributed by atoms with Crippen LogP contribution >= 0.6 is 0 Å². The first-order valence-corrected chi connectivity index (χ1v) is 7.82. The van der Waals surface area contributed by atoms with Gasteiger partial charge in [0.15, 0.2) is 5.78 Å². The summed E-state index contributed by atoms with van der Waals surface area (Å²) in [6, 6.07) is 8.16. The summed E-state index contributed by atoms with van der Waals surface area (Å²) < 4.78 is 0. The van der Waals surface area contributed by atoms with Crippen LogP contribution in [-0.2, 0) is 9.59 Å². The fourth-order valence-electron chi connectivity index (χ4n) is 3.61. The molecule has 1 aromatic carbocycles. The SMILES string of the molecule is Cc1cccc(C2CC(=O)N(N(C)C)C3=C2C(=O)CCC3)c1. The summed E-state index contributed by atoms with van der Waals surface area (Å²) in [5.74, 6) is 0.184. The summed E-state index contributed by atoms with van der Waals surface area (Å²) in [4.78, 5) is 25.2. The van der Waals surface area contributed by atoms with Crippen molar-refractivity contribution >= 4 is 11.7 Å². The first-order chi connectivity index (χ1) is 10.5. The minimum absolute atomic E-state index is 0.0740. The van der Waals surface area contributed by atoms with Gasteiger partial charge in [0, 0.05) is 44.1 Å². The lowest BCUT2D eigenvalue weighted by atomic mass is 9.77. The first-order valence-electron chi connectivity index (χ1n) is 7.82. The van der Waals surface area contributed by atoms with Gasteiger partial charge in [-0.05, 0) is 25.3 Å². The zero-order valence-corrected chi connectivity index (χ0v) is 13.4. The Morgan fingerprint density at radius 2 is 1.95 bits per heavy atom. The van der Waals surface area contributed by atoms with Gasteiger partial charge in [0.2, 0.25) is 5.91 Å². The van der Waals surface area contributed by atoms with E-state index < -0.39 is 0 Å². The minimum atomic E-state index is -0.0913. The van der Waals surface area contributed by atoms with Gasteiger partial charge in [-0.1, -0.05) is 29.8 Å². The van der Waals surface area contributed by atoms with Crippen molar-refractivity contribution in [3.05, 3.63) is 46.7 Å². The molecule has 1 aliphatic heterocycles. The number of hydrogen-bond acceptors (Lipinski definition) is 3. The molecule has 0 saturated carbocycles. The maximum Gasteiger partial charge on any atom is 0.242 e. The first kappa shape index (κ1) is 15.0. The van der Waals surface area contributed by atoms with E-state index in [1.807, 2.05) is 39.2 Å². The maximum atomic E-state index is 12.6. The largest absolute Gasteiger partial charge is 0.294 e. The molecule has 116 valence electrons. The fourth-order valence-corrected chi connectivity index (χ4v) is 3.61. The number of hydrogen-bond donors (Lipinski definition) is 0. The van der Waals surface area contributed by atoms with Crippen LogP contribution in [0.15, 0.2) is 35.5 Å². The topological polar surface area (TPSA) is 40.6 Å². The number of allylic oxidation sites excluding steroid dienone is 2. The van der Waals surface area contributed by atoms with Crippen LogP contribution in [0.2, 0.25) is 0 Å². The Morgan fingerprint density at radius 3 is 2.64 bits per heavy atom. The van der Waals surface area contributed by atoms with E-state index in [1.54, 1.807) is 10.0 Å². The fraction of sp³-hybridized carbons (Fsp3) is 0.444. The number of rotatable bonds is 2. The van der Waals surface area contributed by atoms with Crippen molar-refractivity contribution in [2.45, 2.75) is 38.5 Å². The highest BCUT2D eigenvalue weighted by Gasteiger charge is 2.39. The Morgan fingerprint density at radius 1 is 1.18 bits per heavy atom. The van der Waals surface area contributed by atoms with Gasteiger partial charge in [0.1, 0.15) is 0 Å². The van der Waals surface area contributed by atoms with Crippen molar-refractivity contribution in [1.29, 1.82) is 0 Å². The Kier molecular flexibility index (Phi) is 3.87. The van der Waals surface area contributed by atoms with E-state index in [9.17, 15) is 9.59 Å². The summed E-state index contributed by atoms with van der Waals surface area (Å²) in [6.45, 7) is 2.04. The molecule has 0 N–H and O–H groups in total. The highest BCUT2D eigenvalue weighted by atomic mass is 16.2. The molecule has 0 fully saturated rings. The average molecular weight is 298 g/mol. The molecule has 4 heteroatoms. The number of hydrazine groups is 1. The standard InChI is InChI=1S/C18H22N2O2/c1-12-6-4-7-13(10-12)14-11-17(22)20(19(2)3)15-8-5-9-16(21)18(14)15/h4,6-7,10,14H,5,8-9,11H2,1-3H3. The van der Waals surface area contributed by atoms with E-state index in [1.165, 1.54) is 0 Å². The quantitative estimate of drug-likeness (QED) is 0.843. The van der Waals surface area contributed by atoms with E-state index in [0.29, 0.717) is 12.8 Å². The van der Waals surface area contributed by atoms with E-state index in [0.717, 1.165) is 35.2 Å². The van der Waals surface area contributed by atoms with Crippen LogP contribution in [0.3, 0.4) is 0 Å². The molecule has 0 spiro atoms. The Hall–Kier alpha value is -1.94. The number of aryl methyl sites for hydroxylation is 1. The summed E-state index contributed by atoms with van der Waals surface area (Å²) in [6.07, 6.45) is 2.59. The molecule has 0 saturated heterocycles. The molecule has 0 aromatic heterocycles. The van der Waals surface area contributed by atoms with Gasteiger partial charge in [-0.2, -0.15) is 0 Å². The van der Waals surface area contributed by atoms with Crippen molar-refractivity contribution in [2.24, 2.45) is 0 Å². The molecule has 1 heterocycles. The molecule has 2 aliphatic rings. The van der Waals surface area contributed by atoms with Gasteiger partial charge in [0.05, 0.1) is 0 Å². The lowest BCUT2D eigenvalue weighted by Gasteiger charge is -2.41. The molecule has 1 aliphatic carbocycles. The van der Waals surface area contributed by atoms with Crippen LogP contribution in [0, 0.1) is 6.92 Å². The maximum absolute atomic E-state index is 12.6. The van der Waals surface area contributed by atoms with Crippen LogP contribution in [0.1, 0.15) is 42.7 Å². The summed E-state index contributed by atoms with van der Waals surface area (Å²) in [5.41, 5.74) is 3.99. The van der Waals surface area contributed by atoms with E-state index in [-0.39, 0.29) is 17.6 Å². The van der Waals surface area contributed by atoms with E-state index in [4.69, 9.17) is 0 Å². The minimum Gasteiger partial charge on any atom is -0.294 e. The summed E-state index contributed by atoms with van der Waals surface area (Å²) in [7, 11) is 3.71. The highest BCUT2D eigenvalue weighted by Crippen LogP contribution is 2.41. The third kappa shape index (κ3) is 2.48. The molecule has 0 bridgehead atoms. The molecule has 3 rings (SSSR count). The molecule has 1 atom stereocenters. The second-order valence-electron chi connectivity index (χ2n) is 6.36. The number of ketones is 1. The normalized spacial score (nSPS) is 22.4. The van der Waals surface area contributed by atoms with Crippen molar-refractivity contribution in [2.75, 3.05) is 14.1 Å². The van der Waals surface area contributed by atoms with Crippen molar-refractivity contribution in [3.63, 3.8) is 0 Å². The highest BCUT2D eigenvalue weighted by molar-refractivity contribution is 6.01. The molecule has 0 radical (unpaired) electrons. The van der Waals surface area contributed by atoms with Crippen LogP contribution in [0.4, 0.5) is 0 Å². The third-order valence-corrected chi connectivity index (χ3v) is 4.49. The third-order valence-electron chi connectivity index (χ3n) is 4.49. The van der Waals surface area contributed by atoms with E-state index in [2.05, 4.69) is 6.07 Å². The summed E-state index contributed by atoms with van der Waals surface area (Å²) in [5, 5.41) is 3.49. The van der Waals surface area contributed by atoms with Gasteiger partial charge in [-0.3, -0.25) is 9.59 Å². The Labute approximate surface area is 131 Å². The number of carbonyl (C=O) groups is 2. The van der Waals surface area contributed by atoms with Crippen LogP contribution in [-0.4, -0.2) is 35.8 Å². The molecule has 1 aromatic rings. The molecular weight excluding hydrogens is 276 g/mol. The van der Waals surface area contributed by atoms with Gasteiger partial charge >= 0.3 is 0 Å². The average Bonchev–Trinajstić information content (AvgIpc) is 2.46. The smallest absolute Gasteiger partial charge is 0.242 e. The van der Waals surface area contributed by atoms with Gasteiger partial charge in [-0.25, -0.2) is 10.0 Å². The predicted octanol–water partition coefficient (Wildman–Crippen LogP) is 2.79. The molecule has 22 heavy (non-hydrogen) atoms. The number of Topliss-reactive ketones (excluding diaryl/α,β-unsaturated/α-hetero) is 1. The second-order valence-corrected chi connectivity index (χ2v) is 6.36. The van der Waals surface area contributed by atoms with Crippen molar-refractivity contribution in [3.8, 4) is 0 Å². The lowest BCUT2D eigenvalue weighted by Crippen LogP contribution is -2.47.